The van der Waals surface area contributed by atoms with Crippen LogP contribution in [0.4, 0.5) is 0 Å². The second-order valence-corrected chi connectivity index (χ2v) is 7.95. The van der Waals surface area contributed by atoms with Crippen molar-refractivity contribution in [1.29, 1.82) is 5.26 Å². The van der Waals surface area contributed by atoms with Gasteiger partial charge >= 0.3 is 11.7 Å². The highest BCUT2D eigenvalue weighted by molar-refractivity contribution is 5.80. The molecule has 2 aromatic heterocycles. The van der Waals surface area contributed by atoms with E-state index in [0.717, 1.165) is 38.5 Å². The molecule has 0 aromatic carbocycles. The quantitative estimate of drug-likeness (QED) is 0.661. The van der Waals surface area contributed by atoms with E-state index in [1.807, 2.05) is 13.8 Å². The Hall–Kier alpha value is -2.89. The molecule has 30 heavy (non-hydrogen) atoms. The maximum atomic E-state index is 12.7. The molecule has 1 aliphatic rings. The van der Waals surface area contributed by atoms with Crippen molar-refractivity contribution in [3.8, 4) is 6.07 Å². The van der Waals surface area contributed by atoms with Crippen LogP contribution in [-0.2, 0) is 29.2 Å². The van der Waals surface area contributed by atoms with E-state index in [9.17, 15) is 19.6 Å². The highest BCUT2D eigenvalue weighted by atomic mass is 16.5. The van der Waals surface area contributed by atoms with Gasteiger partial charge in [-0.15, -0.1) is 0 Å². The summed E-state index contributed by atoms with van der Waals surface area (Å²) in [4.78, 5) is 44.5. The van der Waals surface area contributed by atoms with Crippen LogP contribution in [0.2, 0.25) is 0 Å². The number of aromatic nitrogens is 4. The van der Waals surface area contributed by atoms with Gasteiger partial charge in [0.25, 0.3) is 5.56 Å². The minimum absolute atomic E-state index is 0.141. The predicted octanol–water partition coefficient (Wildman–Crippen LogP) is 2.61. The molecule has 0 atom stereocenters. The van der Waals surface area contributed by atoms with Crippen LogP contribution in [0.15, 0.2) is 9.59 Å². The molecule has 1 fully saturated rings. The summed E-state index contributed by atoms with van der Waals surface area (Å²) >= 11 is 0. The summed E-state index contributed by atoms with van der Waals surface area (Å²) in [5.41, 5.74) is -1.46. The fraction of sp³-hybridized carbons (Fsp3) is 0.667. The van der Waals surface area contributed by atoms with Crippen molar-refractivity contribution < 1.29 is 9.53 Å². The summed E-state index contributed by atoms with van der Waals surface area (Å²) in [5, 5.41) is 9.59. The van der Waals surface area contributed by atoms with Gasteiger partial charge in [-0.25, -0.2) is 9.78 Å². The van der Waals surface area contributed by atoms with Crippen LogP contribution in [0.25, 0.3) is 11.2 Å². The molecule has 0 unspecified atom stereocenters. The number of nitrogens with zero attached hydrogens (tertiary/aromatic N) is 4. The second kappa shape index (κ2) is 9.28. The van der Waals surface area contributed by atoms with Gasteiger partial charge in [0.15, 0.2) is 16.6 Å². The number of carbonyl (C=O) groups is 1. The number of imidazole rings is 1. The Labute approximate surface area is 174 Å². The number of rotatable bonds is 8. The summed E-state index contributed by atoms with van der Waals surface area (Å²) in [5.74, 6) is -0.123. The van der Waals surface area contributed by atoms with E-state index in [1.54, 1.807) is 4.57 Å². The first-order valence-corrected chi connectivity index (χ1v) is 10.8. The molecule has 1 N–H and O–H groups in total. The largest absolute Gasteiger partial charge is 0.456 e. The lowest BCUT2D eigenvalue weighted by Gasteiger charge is -2.28. The molecule has 0 aliphatic heterocycles. The number of H-pyrrole nitrogens is 1. The summed E-state index contributed by atoms with van der Waals surface area (Å²) < 4.78 is 8.70. The van der Waals surface area contributed by atoms with E-state index >= 15 is 0 Å². The number of nitrogens with one attached hydrogen (secondary N) is 1. The average molecular weight is 415 g/mol. The zero-order valence-corrected chi connectivity index (χ0v) is 17.7. The smallest absolute Gasteiger partial charge is 0.330 e. The Kier molecular flexibility index (Phi) is 6.75. The van der Waals surface area contributed by atoms with Gasteiger partial charge in [-0.1, -0.05) is 39.5 Å². The van der Waals surface area contributed by atoms with Crippen molar-refractivity contribution in [3.63, 3.8) is 0 Å². The standard InChI is InChI=1S/C21H29N5O4/c1-3-5-12-26-17-16(18(27)24-20(26)29)25(11-4-2)15(23-17)13-30-19(28)21(14-22)9-7-6-8-10-21/h3-13H2,1-2H3,(H,24,27,29). The van der Waals surface area contributed by atoms with Crippen LogP contribution < -0.4 is 11.2 Å². The van der Waals surface area contributed by atoms with Crippen molar-refractivity contribution in [2.75, 3.05) is 0 Å². The summed E-state index contributed by atoms with van der Waals surface area (Å²) in [6, 6.07) is 2.17. The van der Waals surface area contributed by atoms with E-state index in [2.05, 4.69) is 16.0 Å². The molecule has 9 heteroatoms. The van der Waals surface area contributed by atoms with Crippen LogP contribution in [0, 0.1) is 16.7 Å². The Balaban J connectivity index is 1.97. The van der Waals surface area contributed by atoms with Crippen LogP contribution >= 0.6 is 0 Å². The van der Waals surface area contributed by atoms with Gasteiger partial charge in [-0.2, -0.15) is 5.26 Å². The molecule has 162 valence electrons. The van der Waals surface area contributed by atoms with Crippen LogP contribution in [-0.4, -0.2) is 25.1 Å². The van der Waals surface area contributed by atoms with E-state index in [1.165, 1.54) is 4.57 Å². The lowest BCUT2D eigenvalue weighted by molar-refractivity contribution is -0.155. The summed E-state index contributed by atoms with van der Waals surface area (Å²) in [6.45, 7) is 4.79. The minimum Gasteiger partial charge on any atom is -0.456 e. The number of fused-ring (bicyclic) bond motifs is 1. The predicted molar refractivity (Wildman–Crippen MR) is 111 cm³/mol. The molecule has 0 amide bonds. The lowest BCUT2D eigenvalue weighted by atomic mass is 9.75. The molecular weight excluding hydrogens is 386 g/mol. The highest BCUT2D eigenvalue weighted by Gasteiger charge is 2.41. The van der Waals surface area contributed by atoms with E-state index in [-0.39, 0.29) is 6.61 Å². The molecule has 9 nitrogen and oxygen atoms in total. The normalized spacial score (nSPS) is 15.8. The van der Waals surface area contributed by atoms with Crippen LogP contribution in [0.3, 0.4) is 0 Å². The first-order valence-electron chi connectivity index (χ1n) is 10.8. The first kappa shape index (κ1) is 21.8. The average Bonchev–Trinajstić information content (AvgIpc) is 3.11. The number of carbonyl (C=O) groups excluding carboxylic acids is 1. The molecule has 0 saturated heterocycles. The molecule has 2 heterocycles. The number of nitriles is 1. The van der Waals surface area contributed by atoms with E-state index in [4.69, 9.17) is 4.74 Å². The van der Waals surface area contributed by atoms with Gasteiger partial charge < -0.3 is 9.30 Å². The maximum Gasteiger partial charge on any atom is 0.330 e. The van der Waals surface area contributed by atoms with Crippen molar-refractivity contribution in [2.45, 2.75) is 84.9 Å². The zero-order chi connectivity index (χ0) is 21.7. The van der Waals surface area contributed by atoms with Crippen molar-refractivity contribution in [1.82, 2.24) is 19.1 Å². The van der Waals surface area contributed by atoms with Gasteiger partial charge in [-0.05, 0) is 25.7 Å². The molecule has 3 rings (SSSR count). The minimum atomic E-state index is -1.10. The lowest BCUT2D eigenvalue weighted by Crippen LogP contribution is -2.33. The molecule has 1 aliphatic carbocycles. The van der Waals surface area contributed by atoms with Gasteiger partial charge in [0.05, 0.1) is 6.07 Å². The number of ether oxygens (including phenoxy) is 1. The van der Waals surface area contributed by atoms with Crippen LogP contribution in [0.5, 0.6) is 0 Å². The van der Waals surface area contributed by atoms with Gasteiger partial charge in [0.2, 0.25) is 0 Å². The molecule has 1 saturated carbocycles. The fourth-order valence-corrected chi connectivity index (χ4v) is 4.10. The number of aromatic amines is 1. The van der Waals surface area contributed by atoms with E-state index < -0.39 is 22.6 Å². The number of unbranched alkanes of at least 4 members (excludes halogenated alkanes) is 1. The molecule has 0 bridgehead atoms. The van der Waals surface area contributed by atoms with Crippen molar-refractivity contribution >= 4 is 17.1 Å². The second-order valence-electron chi connectivity index (χ2n) is 7.95. The van der Waals surface area contributed by atoms with Crippen molar-refractivity contribution in [2.24, 2.45) is 5.41 Å². The molecule has 0 radical (unpaired) electrons. The first-order chi connectivity index (χ1) is 14.5. The molecule has 2 aromatic rings. The third kappa shape index (κ3) is 4.04. The number of hydrogen-bond donors (Lipinski definition) is 1. The summed E-state index contributed by atoms with van der Waals surface area (Å²) in [7, 11) is 0. The Morgan fingerprint density at radius 1 is 1.17 bits per heavy atom. The van der Waals surface area contributed by atoms with Gasteiger partial charge in [0, 0.05) is 13.1 Å². The number of hydrogen-bond acceptors (Lipinski definition) is 6. The van der Waals surface area contributed by atoms with Crippen molar-refractivity contribution in [3.05, 3.63) is 26.7 Å². The number of esters is 1. The maximum absolute atomic E-state index is 12.7. The zero-order valence-electron chi connectivity index (χ0n) is 17.7. The van der Waals surface area contributed by atoms with Crippen LogP contribution in [0.1, 0.15) is 71.0 Å². The third-order valence-electron chi connectivity index (χ3n) is 5.79. The highest BCUT2D eigenvalue weighted by Crippen LogP contribution is 2.37. The van der Waals surface area contributed by atoms with E-state index in [0.29, 0.717) is 42.9 Å². The number of aryl methyl sites for hydroxylation is 2. The van der Waals surface area contributed by atoms with Gasteiger partial charge in [-0.3, -0.25) is 19.1 Å². The Morgan fingerprint density at radius 3 is 2.53 bits per heavy atom. The monoisotopic (exact) mass is 415 g/mol. The fourth-order valence-electron chi connectivity index (χ4n) is 4.10. The SMILES string of the molecule is CCCCn1c(=O)[nH]c(=O)c2c1nc(COC(=O)C1(C#N)CCCCC1)n2CCC. The third-order valence-corrected chi connectivity index (χ3v) is 5.79. The molecular formula is C21H29N5O4. The Morgan fingerprint density at radius 2 is 1.90 bits per heavy atom. The Bertz CT molecular complexity index is 1070. The summed E-state index contributed by atoms with van der Waals surface area (Å²) in [6.07, 6.45) is 6.09. The molecule has 0 spiro atoms. The van der Waals surface area contributed by atoms with Gasteiger partial charge in [0.1, 0.15) is 12.4 Å². The topological polar surface area (TPSA) is 123 Å².